The molecule has 1 aliphatic carbocycles. The summed E-state index contributed by atoms with van der Waals surface area (Å²) >= 11 is 3.24. The SMILES string of the molecule is FC1(F)CCCC1Cn1cc(CBr)nn1. The van der Waals surface area contributed by atoms with Crippen molar-refractivity contribution in [3.63, 3.8) is 0 Å². The number of nitrogens with zero attached hydrogens (tertiary/aromatic N) is 3. The van der Waals surface area contributed by atoms with Crippen molar-refractivity contribution in [2.45, 2.75) is 37.1 Å². The van der Waals surface area contributed by atoms with Gasteiger partial charge in [0.15, 0.2) is 0 Å². The molecule has 2 rings (SSSR count). The minimum Gasteiger partial charge on any atom is -0.252 e. The number of hydrogen-bond donors (Lipinski definition) is 0. The lowest BCUT2D eigenvalue weighted by Gasteiger charge is -2.18. The van der Waals surface area contributed by atoms with Gasteiger partial charge in [-0.1, -0.05) is 21.1 Å². The Bertz CT molecular complexity index is 340. The molecule has 0 amide bonds. The van der Waals surface area contributed by atoms with Gasteiger partial charge < -0.3 is 0 Å². The van der Waals surface area contributed by atoms with Crippen LogP contribution in [-0.2, 0) is 11.9 Å². The zero-order chi connectivity index (χ0) is 10.9. The van der Waals surface area contributed by atoms with Crippen LogP contribution in [0.5, 0.6) is 0 Å². The highest BCUT2D eigenvalue weighted by Gasteiger charge is 2.43. The Morgan fingerprint density at radius 3 is 2.93 bits per heavy atom. The van der Waals surface area contributed by atoms with E-state index in [0.717, 1.165) is 5.69 Å². The lowest BCUT2D eigenvalue weighted by Crippen LogP contribution is -2.26. The van der Waals surface area contributed by atoms with Gasteiger partial charge in [0.05, 0.1) is 12.2 Å². The molecule has 1 aromatic rings. The fourth-order valence-electron chi connectivity index (χ4n) is 1.94. The summed E-state index contributed by atoms with van der Waals surface area (Å²) in [7, 11) is 0. The van der Waals surface area contributed by atoms with Gasteiger partial charge in [0.1, 0.15) is 0 Å². The van der Waals surface area contributed by atoms with Crippen LogP contribution in [0.4, 0.5) is 8.78 Å². The summed E-state index contributed by atoms with van der Waals surface area (Å²) in [5, 5.41) is 8.27. The second-order valence-corrected chi connectivity index (χ2v) is 4.48. The van der Waals surface area contributed by atoms with Crippen molar-refractivity contribution in [1.82, 2.24) is 15.0 Å². The smallest absolute Gasteiger partial charge is 0.252 e. The summed E-state index contributed by atoms with van der Waals surface area (Å²) in [5.41, 5.74) is 0.774. The molecule has 1 saturated carbocycles. The van der Waals surface area contributed by atoms with Crippen molar-refractivity contribution in [1.29, 1.82) is 0 Å². The van der Waals surface area contributed by atoms with E-state index in [1.54, 1.807) is 6.20 Å². The van der Waals surface area contributed by atoms with E-state index in [-0.39, 0.29) is 13.0 Å². The van der Waals surface area contributed by atoms with Gasteiger partial charge in [0.25, 0.3) is 5.92 Å². The first-order valence-electron chi connectivity index (χ1n) is 4.94. The lowest BCUT2D eigenvalue weighted by atomic mass is 10.1. The molecule has 1 aromatic heterocycles. The molecule has 0 radical (unpaired) electrons. The quantitative estimate of drug-likeness (QED) is 0.797. The summed E-state index contributed by atoms with van der Waals surface area (Å²) < 4.78 is 28.1. The Kier molecular flexibility index (Phi) is 3.04. The minimum absolute atomic E-state index is 0.0116. The van der Waals surface area contributed by atoms with Crippen LogP contribution in [0.1, 0.15) is 25.0 Å². The average molecular weight is 280 g/mol. The number of alkyl halides is 3. The van der Waals surface area contributed by atoms with Crippen LogP contribution in [0.3, 0.4) is 0 Å². The highest BCUT2D eigenvalue weighted by atomic mass is 79.9. The third-order valence-corrected chi connectivity index (χ3v) is 3.36. The Morgan fingerprint density at radius 1 is 1.60 bits per heavy atom. The first-order chi connectivity index (χ1) is 7.12. The van der Waals surface area contributed by atoms with E-state index in [0.29, 0.717) is 18.2 Å². The van der Waals surface area contributed by atoms with E-state index in [1.165, 1.54) is 4.68 Å². The highest BCUT2D eigenvalue weighted by molar-refractivity contribution is 9.08. The Balaban J connectivity index is 2.02. The predicted octanol–water partition coefficient (Wildman–Crippen LogP) is 2.61. The van der Waals surface area contributed by atoms with E-state index in [1.807, 2.05) is 0 Å². The molecule has 1 aliphatic rings. The highest BCUT2D eigenvalue weighted by Crippen LogP contribution is 2.40. The molecule has 1 atom stereocenters. The Hall–Kier alpha value is -0.520. The standard InChI is InChI=1S/C9H12BrF2N3/c10-4-8-6-15(14-13-8)5-7-2-1-3-9(7,11)12/h6-7H,1-5H2. The molecular weight excluding hydrogens is 268 g/mol. The van der Waals surface area contributed by atoms with Crippen LogP contribution in [0.15, 0.2) is 6.20 Å². The molecule has 0 aliphatic heterocycles. The number of halogens is 3. The van der Waals surface area contributed by atoms with Gasteiger partial charge in [-0.15, -0.1) is 5.10 Å². The van der Waals surface area contributed by atoms with Crippen LogP contribution >= 0.6 is 15.9 Å². The van der Waals surface area contributed by atoms with Crippen LogP contribution in [0.2, 0.25) is 0 Å². The van der Waals surface area contributed by atoms with Gasteiger partial charge in [0, 0.05) is 23.9 Å². The molecule has 0 saturated heterocycles. The maximum absolute atomic E-state index is 13.3. The topological polar surface area (TPSA) is 30.7 Å². The van der Waals surface area contributed by atoms with Gasteiger partial charge in [0.2, 0.25) is 0 Å². The Labute approximate surface area is 95.0 Å². The molecule has 0 spiro atoms. The number of hydrogen-bond acceptors (Lipinski definition) is 2. The van der Waals surface area contributed by atoms with E-state index in [9.17, 15) is 8.78 Å². The molecule has 84 valence electrons. The van der Waals surface area contributed by atoms with Gasteiger partial charge >= 0.3 is 0 Å². The first-order valence-corrected chi connectivity index (χ1v) is 6.07. The maximum atomic E-state index is 13.3. The molecule has 0 bridgehead atoms. The molecule has 15 heavy (non-hydrogen) atoms. The summed E-state index contributed by atoms with van der Waals surface area (Å²) in [5.74, 6) is -3.11. The second-order valence-electron chi connectivity index (χ2n) is 3.92. The molecule has 6 heteroatoms. The van der Waals surface area contributed by atoms with Crippen molar-refractivity contribution in [3.8, 4) is 0 Å². The van der Waals surface area contributed by atoms with Gasteiger partial charge in [-0.2, -0.15) is 0 Å². The van der Waals surface area contributed by atoms with Crippen LogP contribution < -0.4 is 0 Å². The molecule has 1 unspecified atom stereocenters. The monoisotopic (exact) mass is 279 g/mol. The van der Waals surface area contributed by atoms with Crippen molar-refractivity contribution in [3.05, 3.63) is 11.9 Å². The van der Waals surface area contributed by atoms with Crippen LogP contribution in [0, 0.1) is 5.92 Å². The Morgan fingerprint density at radius 2 is 2.40 bits per heavy atom. The fraction of sp³-hybridized carbons (Fsp3) is 0.778. The van der Waals surface area contributed by atoms with Gasteiger partial charge in [-0.3, -0.25) is 4.68 Å². The summed E-state index contributed by atoms with van der Waals surface area (Å²) in [6.07, 6.45) is 2.91. The maximum Gasteiger partial charge on any atom is 0.252 e. The minimum atomic E-state index is -2.53. The second kappa shape index (κ2) is 4.15. The molecule has 1 fully saturated rings. The van der Waals surface area contributed by atoms with Crippen molar-refractivity contribution in [2.75, 3.05) is 0 Å². The van der Waals surface area contributed by atoms with Crippen LogP contribution in [-0.4, -0.2) is 20.9 Å². The zero-order valence-electron chi connectivity index (χ0n) is 8.17. The largest absolute Gasteiger partial charge is 0.252 e. The van der Waals surface area contributed by atoms with E-state index >= 15 is 0 Å². The molecule has 1 heterocycles. The lowest BCUT2D eigenvalue weighted by molar-refractivity contribution is -0.0434. The van der Waals surface area contributed by atoms with Gasteiger partial charge in [-0.25, -0.2) is 8.78 Å². The predicted molar refractivity (Wildman–Crippen MR) is 54.9 cm³/mol. The normalized spacial score (nSPS) is 24.6. The van der Waals surface area contributed by atoms with E-state index in [4.69, 9.17) is 0 Å². The van der Waals surface area contributed by atoms with Crippen molar-refractivity contribution >= 4 is 15.9 Å². The third kappa shape index (κ3) is 2.35. The van der Waals surface area contributed by atoms with E-state index in [2.05, 4.69) is 26.2 Å². The third-order valence-electron chi connectivity index (χ3n) is 2.79. The average Bonchev–Trinajstić information content (AvgIpc) is 2.75. The summed E-state index contributed by atoms with van der Waals surface area (Å²) in [4.78, 5) is 0. The molecular formula is C9H12BrF2N3. The van der Waals surface area contributed by atoms with Crippen LogP contribution in [0.25, 0.3) is 0 Å². The van der Waals surface area contributed by atoms with Crippen molar-refractivity contribution < 1.29 is 8.78 Å². The summed E-state index contributed by atoms with van der Waals surface area (Å²) in [6.45, 7) is 0.271. The fourth-order valence-corrected chi connectivity index (χ4v) is 2.20. The van der Waals surface area contributed by atoms with E-state index < -0.39 is 11.8 Å². The summed E-state index contributed by atoms with van der Waals surface area (Å²) in [6, 6.07) is 0. The molecule has 3 nitrogen and oxygen atoms in total. The van der Waals surface area contributed by atoms with Crippen molar-refractivity contribution in [2.24, 2.45) is 5.92 Å². The number of rotatable bonds is 3. The van der Waals surface area contributed by atoms with Gasteiger partial charge in [-0.05, 0) is 12.8 Å². The number of aromatic nitrogens is 3. The first kappa shape index (κ1) is 11.0. The molecule has 0 aromatic carbocycles. The zero-order valence-corrected chi connectivity index (χ0v) is 9.75. The molecule has 0 N–H and O–H groups in total.